The summed E-state index contributed by atoms with van der Waals surface area (Å²) >= 11 is 0. The number of ether oxygens (including phenoxy) is 1. The molecule has 0 saturated carbocycles. The third-order valence-corrected chi connectivity index (χ3v) is 4.63. The summed E-state index contributed by atoms with van der Waals surface area (Å²) in [4.78, 5) is 38.4. The van der Waals surface area contributed by atoms with Crippen molar-refractivity contribution in [3.63, 3.8) is 0 Å². The molecular weight excluding hydrogens is 344 g/mol. The number of hydrogen-bond acceptors (Lipinski definition) is 5. The van der Waals surface area contributed by atoms with Gasteiger partial charge in [-0.1, -0.05) is 0 Å². The van der Waals surface area contributed by atoms with Crippen LogP contribution in [0, 0.1) is 0 Å². The Morgan fingerprint density at radius 1 is 1.22 bits per heavy atom. The zero-order valence-corrected chi connectivity index (χ0v) is 14.8. The number of hydrogen-bond donors (Lipinski definition) is 1. The smallest absolute Gasteiger partial charge is 0.256 e. The Bertz CT molecular complexity index is 1030. The molecule has 0 unspecified atom stereocenters. The van der Waals surface area contributed by atoms with Gasteiger partial charge in [0.25, 0.3) is 11.5 Å². The minimum absolute atomic E-state index is 0.112. The van der Waals surface area contributed by atoms with E-state index in [1.807, 2.05) is 6.07 Å². The first-order valence-corrected chi connectivity index (χ1v) is 8.61. The number of aromatic amines is 1. The topological polar surface area (TPSA) is 88.2 Å². The van der Waals surface area contributed by atoms with Crippen molar-refractivity contribution in [3.8, 4) is 17.1 Å². The molecule has 0 saturated heterocycles. The number of nitrogens with zero attached hydrogens (tertiary/aromatic N) is 3. The number of H-pyrrole nitrogens is 1. The van der Waals surface area contributed by atoms with Crippen LogP contribution < -0.4 is 10.3 Å². The summed E-state index contributed by atoms with van der Waals surface area (Å²) in [5.41, 5.74) is 2.38. The fourth-order valence-electron chi connectivity index (χ4n) is 3.15. The van der Waals surface area contributed by atoms with Gasteiger partial charge in [0.2, 0.25) is 0 Å². The van der Waals surface area contributed by atoms with Crippen molar-refractivity contribution in [2.24, 2.45) is 0 Å². The zero-order chi connectivity index (χ0) is 18.8. The first-order valence-electron chi connectivity index (χ1n) is 8.61. The first-order chi connectivity index (χ1) is 13.2. The van der Waals surface area contributed by atoms with Crippen LogP contribution >= 0.6 is 0 Å². The van der Waals surface area contributed by atoms with Crippen LogP contribution in [0.3, 0.4) is 0 Å². The lowest BCUT2D eigenvalue weighted by atomic mass is 10.0. The quantitative estimate of drug-likeness (QED) is 0.770. The minimum atomic E-state index is -0.217. The molecule has 1 aromatic carbocycles. The van der Waals surface area contributed by atoms with Crippen molar-refractivity contribution in [1.29, 1.82) is 0 Å². The molecule has 0 bridgehead atoms. The van der Waals surface area contributed by atoms with E-state index in [0.29, 0.717) is 35.7 Å². The van der Waals surface area contributed by atoms with Gasteiger partial charge in [0, 0.05) is 36.5 Å². The first kappa shape index (κ1) is 17.0. The van der Waals surface area contributed by atoms with Crippen LogP contribution in [-0.4, -0.2) is 39.4 Å². The molecule has 2 aromatic heterocycles. The molecule has 1 aliphatic heterocycles. The van der Waals surface area contributed by atoms with Crippen molar-refractivity contribution in [2.75, 3.05) is 13.7 Å². The highest BCUT2D eigenvalue weighted by atomic mass is 16.5. The molecule has 0 spiro atoms. The normalized spacial score (nSPS) is 13.1. The van der Waals surface area contributed by atoms with Gasteiger partial charge in [0.15, 0.2) is 0 Å². The molecule has 1 N–H and O–H groups in total. The molecule has 0 radical (unpaired) electrons. The Balaban J connectivity index is 1.59. The van der Waals surface area contributed by atoms with Gasteiger partial charge in [-0.25, -0.2) is 4.98 Å². The largest absolute Gasteiger partial charge is 0.497 e. The van der Waals surface area contributed by atoms with E-state index in [-0.39, 0.29) is 18.0 Å². The van der Waals surface area contributed by atoms with E-state index >= 15 is 0 Å². The monoisotopic (exact) mass is 362 g/mol. The molecule has 1 aliphatic rings. The molecule has 0 fully saturated rings. The van der Waals surface area contributed by atoms with E-state index < -0.39 is 0 Å². The SMILES string of the molecule is COc1ccc(C(=O)N2CCc3nc(-c4cccnc4)[nH]c(=O)c3C2)cc1. The van der Waals surface area contributed by atoms with Crippen molar-refractivity contribution < 1.29 is 9.53 Å². The van der Waals surface area contributed by atoms with Crippen LogP contribution in [0.1, 0.15) is 21.6 Å². The lowest BCUT2D eigenvalue weighted by Crippen LogP contribution is -2.39. The molecule has 1 amide bonds. The minimum Gasteiger partial charge on any atom is -0.497 e. The van der Waals surface area contributed by atoms with Crippen molar-refractivity contribution in [2.45, 2.75) is 13.0 Å². The van der Waals surface area contributed by atoms with Gasteiger partial charge in [-0.3, -0.25) is 14.6 Å². The highest BCUT2D eigenvalue weighted by Gasteiger charge is 2.25. The molecule has 0 atom stereocenters. The van der Waals surface area contributed by atoms with Crippen molar-refractivity contribution >= 4 is 5.91 Å². The Morgan fingerprint density at radius 2 is 2.04 bits per heavy atom. The maximum Gasteiger partial charge on any atom is 0.256 e. The second-order valence-corrected chi connectivity index (χ2v) is 6.29. The molecule has 7 nitrogen and oxygen atoms in total. The van der Waals surface area contributed by atoms with Gasteiger partial charge in [-0.2, -0.15) is 0 Å². The standard InChI is InChI=1S/C20H18N4O3/c1-27-15-6-4-13(5-7-15)20(26)24-10-8-17-16(12-24)19(25)23-18(22-17)14-3-2-9-21-11-14/h2-7,9,11H,8,10,12H2,1H3,(H,22,23,25). The van der Waals surface area contributed by atoms with Crippen LogP contribution in [0.25, 0.3) is 11.4 Å². The second kappa shape index (κ2) is 7.03. The molecule has 4 rings (SSSR count). The summed E-state index contributed by atoms with van der Waals surface area (Å²) < 4.78 is 5.12. The molecule has 3 heterocycles. The maximum absolute atomic E-state index is 12.8. The van der Waals surface area contributed by atoms with Gasteiger partial charge in [0.05, 0.1) is 24.9 Å². The van der Waals surface area contributed by atoms with E-state index in [0.717, 1.165) is 11.3 Å². The van der Waals surface area contributed by atoms with Crippen molar-refractivity contribution in [3.05, 3.63) is 76.0 Å². The van der Waals surface area contributed by atoms with Gasteiger partial charge >= 0.3 is 0 Å². The van der Waals surface area contributed by atoms with Crippen LogP contribution in [0.15, 0.2) is 53.6 Å². The molecule has 27 heavy (non-hydrogen) atoms. The Morgan fingerprint density at radius 3 is 2.74 bits per heavy atom. The molecule has 7 heteroatoms. The number of rotatable bonds is 3. The molecule has 3 aromatic rings. The molecular formula is C20H18N4O3. The van der Waals surface area contributed by atoms with Gasteiger partial charge in [0.1, 0.15) is 11.6 Å². The molecule has 136 valence electrons. The number of nitrogens with one attached hydrogen (secondary N) is 1. The maximum atomic E-state index is 12.8. The number of carbonyl (C=O) groups is 1. The number of amides is 1. The number of fused-ring (bicyclic) bond motifs is 1. The fraction of sp³-hybridized carbons (Fsp3) is 0.200. The van der Waals surface area contributed by atoms with Gasteiger partial charge < -0.3 is 14.6 Å². The fourth-order valence-corrected chi connectivity index (χ4v) is 3.15. The van der Waals surface area contributed by atoms with Gasteiger partial charge in [-0.15, -0.1) is 0 Å². The van der Waals surface area contributed by atoms with E-state index in [1.54, 1.807) is 54.7 Å². The highest BCUT2D eigenvalue weighted by Crippen LogP contribution is 2.20. The van der Waals surface area contributed by atoms with E-state index in [1.165, 1.54) is 0 Å². The number of carbonyl (C=O) groups excluding carboxylic acids is 1. The van der Waals surface area contributed by atoms with Crippen LogP contribution in [0.4, 0.5) is 0 Å². The number of pyridine rings is 1. The number of aromatic nitrogens is 3. The summed E-state index contributed by atoms with van der Waals surface area (Å²) in [6.45, 7) is 0.761. The predicted octanol–water partition coefficient (Wildman–Crippen LogP) is 2.04. The van der Waals surface area contributed by atoms with Crippen molar-refractivity contribution in [1.82, 2.24) is 19.9 Å². The zero-order valence-electron chi connectivity index (χ0n) is 14.8. The predicted molar refractivity (Wildman–Crippen MR) is 99.5 cm³/mol. The Kier molecular flexibility index (Phi) is 4.42. The average Bonchev–Trinajstić information content (AvgIpc) is 2.73. The number of methoxy groups -OCH3 is 1. The second-order valence-electron chi connectivity index (χ2n) is 6.29. The van der Waals surface area contributed by atoms with Gasteiger partial charge in [-0.05, 0) is 36.4 Å². The Labute approximate surface area is 155 Å². The summed E-state index contributed by atoms with van der Waals surface area (Å²) in [5, 5.41) is 0. The van der Waals surface area contributed by atoms with E-state index in [9.17, 15) is 9.59 Å². The lowest BCUT2D eigenvalue weighted by molar-refractivity contribution is 0.0732. The third kappa shape index (κ3) is 3.31. The summed E-state index contributed by atoms with van der Waals surface area (Å²) in [5.74, 6) is 1.08. The van der Waals surface area contributed by atoms with E-state index in [2.05, 4.69) is 15.0 Å². The van der Waals surface area contributed by atoms with Crippen LogP contribution in [0.5, 0.6) is 5.75 Å². The third-order valence-electron chi connectivity index (χ3n) is 4.63. The average molecular weight is 362 g/mol. The summed E-state index contributed by atoms with van der Waals surface area (Å²) in [6.07, 6.45) is 3.87. The summed E-state index contributed by atoms with van der Waals surface area (Å²) in [6, 6.07) is 10.6. The highest BCUT2D eigenvalue weighted by molar-refractivity contribution is 5.94. The lowest BCUT2D eigenvalue weighted by Gasteiger charge is -2.28. The molecule has 0 aliphatic carbocycles. The summed E-state index contributed by atoms with van der Waals surface area (Å²) in [7, 11) is 1.58. The van der Waals surface area contributed by atoms with E-state index in [4.69, 9.17) is 4.74 Å². The van der Waals surface area contributed by atoms with Crippen LogP contribution in [0.2, 0.25) is 0 Å². The number of benzene rings is 1. The Hall–Kier alpha value is -3.48. The van der Waals surface area contributed by atoms with Crippen LogP contribution in [-0.2, 0) is 13.0 Å².